The first-order valence-electron chi connectivity index (χ1n) is 10.2. The maximum Gasteiger partial charge on any atom is 0.230 e. The van der Waals surface area contributed by atoms with Crippen LogP contribution in [0.3, 0.4) is 0 Å². The van der Waals surface area contributed by atoms with Gasteiger partial charge in [0.05, 0.1) is 18.6 Å². The molecule has 1 amide bonds. The van der Waals surface area contributed by atoms with Crippen molar-refractivity contribution >= 4 is 29.3 Å². The number of halogens is 1. The van der Waals surface area contributed by atoms with Crippen molar-refractivity contribution in [2.24, 2.45) is 5.92 Å². The lowest BCUT2D eigenvalue weighted by Crippen LogP contribution is -2.41. The van der Waals surface area contributed by atoms with Gasteiger partial charge in [-0.3, -0.25) is 9.36 Å². The van der Waals surface area contributed by atoms with Gasteiger partial charge in [-0.25, -0.2) is 0 Å². The Morgan fingerprint density at radius 1 is 1.23 bits per heavy atom. The number of hydrogen-bond acceptors (Lipinski definition) is 5. The Morgan fingerprint density at radius 3 is 2.77 bits per heavy atom. The summed E-state index contributed by atoms with van der Waals surface area (Å²) in [4.78, 5) is 12.6. The maximum absolute atomic E-state index is 12.6. The lowest BCUT2D eigenvalue weighted by molar-refractivity contribution is -0.119. The third-order valence-corrected chi connectivity index (χ3v) is 6.72. The van der Waals surface area contributed by atoms with Crippen LogP contribution in [0.1, 0.15) is 38.4 Å². The second kappa shape index (κ2) is 9.71. The lowest BCUT2D eigenvalue weighted by atomic mass is 9.86. The van der Waals surface area contributed by atoms with Gasteiger partial charge in [0.25, 0.3) is 0 Å². The molecule has 2 heterocycles. The summed E-state index contributed by atoms with van der Waals surface area (Å²) in [7, 11) is 0. The second-order valence-electron chi connectivity index (χ2n) is 7.70. The topological polar surface area (TPSA) is 73.0 Å². The number of hydrogen-bond donors (Lipinski definition) is 1. The van der Waals surface area contributed by atoms with Gasteiger partial charge in [-0.05, 0) is 55.2 Å². The molecule has 4 rings (SSSR count). The molecule has 3 aromatic rings. The summed E-state index contributed by atoms with van der Waals surface area (Å²) in [5, 5.41) is 13.3. The fraction of sp³-hybridized carbons (Fsp3) is 0.409. The Labute approximate surface area is 185 Å². The minimum absolute atomic E-state index is 0.0411. The van der Waals surface area contributed by atoms with Crippen LogP contribution in [0.4, 0.5) is 0 Å². The van der Waals surface area contributed by atoms with Gasteiger partial charge in [-0.1, -0.05) is 43.1 Å². The quantitative estimate of drug-likeness (QED) is 0.517. The van der Waals surface area contributed by atoms with Crippen molar-refractivity contribution in [3.05, 3.63) is 53.4 Å². The molecule has 2 aromatic heterocycles. The summed E-state index contributed by atoms with van der Waals surface area (Å²) in [6, 6.07) is 11.5. The molecule has 0 radical (unpaired) electrons. The van der Waals surface area contributed by atoms with Crippen LogP contribution in [0.15, 0.2) is 52.2 Å². The number of rotatable bonds is 7. The van der Waals surface area contributed by atoms with Gasteiger partial charge in [0.15, 0.2) is 11.0 Å². The summed E-state index contributed by atoms with van der Waals surface area (Å²) in [5.74, 6) is 2.39. The van der Waals surface area contributed by atoms with Crippen molar-refractivity contribution in [3.8, 4) is 11.4 Å². The zero-order valence-corrected chi connectivity index (χ0v) is 18.5. The fourth-order valence-electron chi connectivity index (χ4n) is 3.82. The Balaban J connectivity index is 1.49. The average molecular weight is 445 g/mol. The van der Waals surface area contributed by atoms with Gasteiger partial charge in [-0.2, -0.15) is 0 Å². The largest absolute Gasteiger partial charge is 0.467 e. The molecule has 1 fully saturated rings. The van der Waals surface area contributed by atoms with Gasteiger partial charge in [-0.15, -0.1) is 10.2 Å². The molecule has 6 nitrogen and oxygen atoms in total. The fourth-order valence-corrected chi connectivity index (χ4v) is 4.69. The van der Waals surface area contributed by atoms with Crippen LogP contribution in [0.25, 0.3) is 11.4 Å². The summed E-state index contributed by atoms with van der Waals surface area (Å²) >= 11 is 7.42. The first kappa shape index (κ1) is 21.0. The molecule has 30 heavy (non-hydrogen) atoms. The number of benzene rings is 1. The van der Waals surface area contributed by atoms with Gasteiger partial charge in [0.1, 0.15) is 5.76 Å². The number of aromatic nitrogens is 3. The van der Waals surface area contributed by atoms with Crippen LogP contribution in [0, 0.1) is 5.92 Å². The highest BCUT2D eigenvalue weighted by Crippen LogP contribution is 2.27. The van der Waals surface area contributed by atoms with E-state index in [1.54, 1.807) is 6.26 Å². The number of carbonyl (C=O) groups is 1. The normalized spacial score (nSPS) is 19.0. The van der Waals surface area contributed by atoms with Crippen molar-refractivity contribution in [2.45, 2.75) is 50.4 Å². The molecule has 1 aromatic carbocycles. The maximum atomic E-state index is 12.6. The molecule has 0 spiro atoms. The molecule has 1 saturated carbocycles. The summed E-state index contributed by atoms with van der Waals surface area (Å²) in [6.07, 6.45) is 6.33. The van der Waals surface area contributed by atoms with Crippen molar-refractivity contribution < 1.29 is 9.21 Å². The molecule has 0 bridgehead atoms. The minimum atomic E-state index is 0.0411. The zero-order chi connectivity index (χ0) is 20.9. The third-order valence-electron chi connectivity index (χ3n) is 5.50. The lowest BCUT2D eigenvalue weighted by Gasteiger charge is -2.29. The first-order valence-corrected chi connectivity index (χ1v) is 11.6. The van der Waals surface area contributed by atoms with E-state index < -0.39 is 0 Å². The molecule has 1 aliphatic rings. The number of nitrogens with zero attached hydrogens (tertiary/aromatic N) is 3. The number of amides is 1. The summed E-state index contributed by atoms with van der Waals surface area (Å²) in [6.45, 7) is 2.71. The first-order chi connectivity index (χ1) is 14.6. The Morgan fingerprint density at radius 2 is 2.03 bits per heavy atom. The molecule has 0 unspecified atom stereocenters. The van der Waals surface area contributed by atoms with E-state index in [2.05, 4.69) is 22.4 Å². The summed E-state index contributed by atoms with van der Waals surface area (Å²) < 4.78 is 7.50. The second-order valence-corrected chi connectivity index (χ2v) is 9.08. The van der Waals surface area contributed by atoms with Gasteiger partial charge in [0, 0.05) is 16.6 Å². The van der Waals surface area contributed by atoms with E-state index in [1.807, 2.05) is 41.0 Å². The van der Waals surface area contributed by atoms with E-state index in [1.165, 1.54) is 31.0 Å². The molecule has 158 valence electrons. The third kappa shape index (κ3) is 5.08. The summed E-state index contributed by atoms with van der Waals surface area (Å²) in [5.41, 5.74) is 0.908. The minimum Gasteiger partial charge on any atom is -0.467 e. The predicted octanol–water partition coefficient (Wildman–Crippen LogP) is 5.03. The van der Waals surface area contributed by atoms with E-state index in [-0.39, 0.29) is 11.9 Å². The smallest absolute Gasteiger partial charge is 0.230 e. The Bertz CT molecular complexity index is 972. The highest BCUT2D eigenvalue weighted by molar-refractivity contribution is 7.99. The molecular formula is C22H25ClN4O2S. The van der Waals surface area contributed by atoms with Gasteiger partial charge >= 0.3 is 0 Å². The van der Waals surface area contributed by atoms with Crippen LogP contribution in [-0.2, 0) is 11.3 Å². The molecule has 2 atom stereocenters. The highest BCUT2D eigenvalue weighted by Gasteiger charge is 2.23. The Kier molecular flexibility index (Phi) is 6.79. The molecule has 1 N–H and O–H groups in total. The Hall–Kier alpha value is -2.25. The van der Waals surface area contributed by atoms with Crippen LogP contribution in [0.5, 0.6) is 0 Å². The highest BCUT2D eigenvalue weighted by atomic mass is 35.5. The van der Waals surface area contributed by atoms with E-state index in [0.717, 1.165) is 17.7 Å². The van der Waals surface area contributed by atoms with Crippen molar-refractivity contribution in [3.63, 3.8) is 0 Å². The molecular weight excluding hydrogens is 420 g/mol. The molecule has 0 saturated heterocycles. The SMILES string of the molecule is C[C@@H]1CCCC[C@@H]1NC(=O)CSc1nnc(-c2ccc(Cl)cc2)n1Cc1ccco1. The van der Waals surface area contributed by atoms with Gasteiger partial charge in [0.2, 0.25) is 5.91 Å². The van der Waals surface area contributed by atoms with Crippen molar-refractivity contribution in [1.82, 2.24) is 20.1 Å². The number of furan rings is 1. The van der Waals surface area contributed by atoms with Gasteiger partial charge < -0.3 is 9.73 Å². The molecule has 8 heteroatoms. The van der Waals surface area contributed by atoms with E-state index in [9.17, 15) is 4.79 Å². The predicted molar refractivity (Wildman–Crippen MR) is 119 cm³/mol. The van der Waals surface area contributed by atoms with E-state index >= 15 is 0 Å². The number of nitrogens with one attached hydrogen (secondary N) is 1. The number of carbonyl (C=O) groups excluding carboxylic acids is 1. The number of thioether (sulfide) groups is 1. The van der Waals surface area contributed by atoms with Crippen molar-refractivity contribution in [2.75, 3.05) is 5.75 Å². The standard InChI is InChI=1S/C22H25ClN4O2S/c1-15-5-2-3-7-19(15)24-20(28)14-30-22-26-25-21(16-8-10-17(23)11-9-16)27(22)13-18-6-4-12-29-18/h4,6,8-12,15,19H,2-3,5,7,13-14H2,1H3,(H,24,28)/t15-,19+/m1/s1. The molecule has 0 aliphatic heterocycles. The molecule has 1 aliphatic carbocycles. The van der Waals surface area contributed by atoms with Crippen molar-refractivity contribution in [1.29, 1.82) is 0 Å². The van der Waals surface area contributed by atoms with Crippen LogP contribution in [-0.4, -0.2) is 32.5 Å². The zero-order valence-electron chi connectivity index (χ0n) is 16.9. The van der Waals surface area contributed by atoms with E-state index in [0.29, 0.717) is 34.2 Å². The van der Waals surface area contributed by atoms with Crippen LogP contribution in [0.2, 0.25) is 5.02 Å². The average Bonchev–Trinajstić information content (AvgIpc) is 3.39. The van der Waals surface area contributed by atoms with E-state index in [4.69, 9.17) is 16.0 Å². The van der Waals surface area contributed by atoms with Crippen LogP contribution < -0.4 is 5.32 Å². The van der Waals surface area contributed by atoms with Crippen LogP contribution >= 0.6 is 23.4 Å². The monoisotopic (exact) mass is 444 g/mol.